The highest BCUT2D eigenvalue weighted by atomic mass is 35.5. The Hall–Kier alpha value is -0.890. The maximum atomic E-state index is 9.95. The Bertz CT molecular complexity index is 609. The Balaban J connectivity index is 1.99. The van der Waals surface area contributed by atoms with Crippen LogP contribution in [0.5, 0.6) is 0 Å². The topological polar surface area (TPSA) is 98.6 Å². The fourth-order valence-corrected chi connectivity index (χ4v) is 2.61. The number of hydrogen-bond acceptors (Lipinski definition) is 5. The van der Waals surface area contributed by atoms with E-state index < -0.39 is 24.4 Å². The quantitative estimate of drug-likeness (QED) is 0.662. The Morgan fingerprint density at radius 1 is 1.20 bits per heavy atom. The fourth-order valence-electron chi connectivity index (χ4n) is 2.28. The van der Waals surface area contributed by atoms with E-state index >= 15 is 0 Å². The number of aliphatic hydroxyl groups is 3. The highest BCUT2D eigenvalue weighted by molar-refractivity contribution is 6.42. The minimum absolute atomic E-state index is 0.348. The summed E-state index contributed by atoms with van der Waals surface area (Å²) in [5, 5.41) is 29.5. The van der Waals surface area contributed by atoms with Crippen molar-refractivity contribution in [3.63, 3.8) is 0 Å². The van der Waals surface area contributed by atoms with Gasteiger partial charge in [0.1, 0.15) is 30.2 Å². The van der Waals surface area contributed by atoms with Crippen molar-refractivity contribution in [1.29, 1.82) is 0 Å². The molecule has 1 aliphatic heterocycles. The predicted molar refractivity (Wildman–Crippen MR) is 72.8 cm³/mol. The van der Waals surface area contributed by atoms with Gasteiger partial charge >= 0.3 is 0 Å². The summed E-state index contributed by atoms with van der Waals surface area (Å²) in [6.45, 7) is -0.382. The summed E-state index contributed by atoms with van der Waals surface area (Å²) in [5.41, 5.74) is 1.22. The van der Waals surface area contributed by atoms with E-state index in [1.54, 1.807) is 12.1 Å². The van der Waals surface area contributed by atoms with E-state index in [1.165, 1.54) is 0 Å². The van der Waals surface area contributed by atoms with Gasteiger partial charge in [-0.1, -0.05) is 23.2 Å². The molecule has 2 aromatic rings. The third kappa shape index (κ3) is 2.18. The molecule has 6 nitrogen and oxygen atoms in total. The van der Waals surface area contributed by atoms with Crippen molar-refractivity contribution >= 4 is 34.2 Å². The summed E-state index contributed by atoms with van der Waals surface area (Å²) in [5.74, 6) is 0.348. The first kappa shape index (κ1) is 14.1. The number of hydrogen-bond donors (Lipinski definition) is 4. The van der Waals surface area contributed by atoms with Crippen molar-refractivity contribution in [2.45, 2.75) is 24.4 Å². The monoisotopic (exact) mass is 318 g/mol. The maximum Gasteiger partial charge on any atom is 0.144 e. The number of nitrogens with one attached hydrogen (secondary N) is 1. The Morgan fingerprint density at radius 2 is 1.90 bits per heavy atom. The first-order valence-electron chi connectivity index (χ1n) is 5.98. The molecule has 4 atom stereocenters. The number of fused-ring (bicyclic) bond motifs is 1. The highest BCUT2D eigenvalue weighted by Crippen LogP contribution is 2.34. The van der Waals surface area contributed by atoms with Gasteiger partial charge in [-0.3, -0.25) is 0 Å². The summed E-state index contributed by atoms with van der Waals surface area (Å²) >= 11 is 11.8. The standard InChI is InChI=1S/C12H12Cl2N2O4/c13-4-1-6-7(2-5(4)14)16-12(15-6)11-10(19)9(18)8(3-17)20-11/h1-2,8-11,17-19H,3H2,(H,15,16)/t8-,9-,10+,11+/m0/s1. The minimum Gasteiger partial charge on any atom is -0.394 e. The molecule has 3 rings (SSSR count). The zero-order valence-electron chi connectivity index (χ0n) is 10.1. The summed E-state index contributed by atoms with van der Waals surface area (Å²) in [7, 11) is 0. The van der Waals surface area contributed by atoms with Crippen molar-refractivity contribution in [2.24, 2.45) is 0 Å². The van der Waals surface area contributed by atoms with Gasteiger partial charge in [-0.25, -0.2) is 4.98 Å². The average molecular weight is 319 g/mol. The Labute approximate surface area is 123 Å². The van der Waals surface area contributed by atoms with Gasteiger partial charge in [0, 0.05) is 0 Å². The van der Waals surface area contributed by atoms with E-state index in [0.29, 0.717) is 26.9 Å². The van der Waals surface area contributed by atoms with E-state index in [2.05, 4.69) is 9.97 Å². The number of ether oxygens (including phenoxy) is 1. The average Bonchev–Trinajstić information content (AvgIpc) is 2.93. The molecule has 1 saturated heterocycles. The lowest BCUT2D eigenvalue weighted by Crippen LogP contribution is -2.32. The lowest BCUT2D eigenvalue weighted by atomic mass is 10.1. The van der Waals surface area contributed by atoms with Crippen molar-refractivity contribution in [3.8, 4) is 0 Å². The molecular formula is C12H12Cl2N2O4. The lowest BCUT2D eigenvalue weighted by Gasteiger charge is -2.11. The molecule has 0 spiro atoms. The number of aromatic nitrogens is 2. The Kier molecular flexibility index (Phi) is 3.62. The zero-order chi connectivity index (χ0) is 14.4. The molecule has 0 aliphatic carbocycles. The first-order valence-corrected chi connectivity index (χ1v) is 6.74. The minimum atomic E-state index is -1.17. The predicted octanol–water partition coefficient (Wildman–Crippen LogP) is 1.02. The first-order chi connectivity index (χ1) is 9.51. The smallest absolute Gasteiger partial charge is 0.144 e. The van der Waals surface area contributed by atoms with E-state index in [1.807, 2.05) is 0 Å². The summed E-state index contributed by atoms with van der Waals surface area (Å²) in [4.78, 5) is 7.24. The third-order valence-corrected chi connectivity index (χ3v) is 4.08. The molecule has 0 unspecified atom stereocenters. The van der Waals surface area contributed by atoms with Crippen molar-refractivity contribution < 1.29 is 20.1 Å². The summed E-state index contributed by atoms with van der Waals surface area (Å²) < 4.78 is 5.40. The molecule has 8 heteroatoms. The van der Waals surface area contributed by atoms with Gasteiger partial charge in [0.2, 0.25) is 0 Å². The molecule has 0 bridgehead atoms. The molecule has 20 heavy (non-hydrogen) atoms. The molecule has 1 aliphatic rings. The normalized spacial score (nSPS) is 30.2. The zero-order valence-corrected chi connectivity index (χ0v) is 11.6. The molecule has 0 amide bonds. The maximum absolute atomic E-state index is 9.95. The van der Waals surface area contributed by atoms with Crippen LogP contribution in [-0.4, -0.2) is 50.2 Å². The third-order valence-electron chi connectivity index (χ3n) is 3.35. The van der Waals surface area contributed by atoms with Gasteiger partial charge < -0.3 is 25.0 Å². The largest absolute Gasteiger partial charge is 0.394 e. The van der Waals surface area contributed by atoms with Crippen LogP contribution in [0.15, 0.2) is 12.1 Å². The molecule has 0 saturated carbocycles. The number of aliphatic hydroxyl groups excluding tert-OH is 3. The molecule has 4 N–H and O–H groups in total. The van der Waals surface area contributed by atoms with Crippen molar-refractivity contribution in [1.82, 2.24) is 9.97 Å². The molecule has 1 aromatic carbocycles. The van der Waals surface area contributed by atoms with E-state index in [4.69, 9.17) is 33.0 Å². The molecule has 1 fully saturated rings. The number of rotatable bonds is 2. The van der Waals surface area contributed by atoms with Crippen LogP contribution in [0.4, 0.5) is 0 Å². The molecular weight excluding hydrogens is 307 g/mol. The van der Waals surface area contributed by atoms with Crippen LogP contribution in [0.2, 0.25) is 10.0 Å². The Morgan fingerprint density at radius 3 is 2.55 bits per heavy atom. The molecule has 0 radical (unpaired) electrons. The SMILES string of the molecule is OC[C@@H]1O[C@@H](c2nc3cc(Cl)c(Cl)cc3[nH]2)[C@H](O)[C@H]1O. The summed E-state index contributed by atoms with van der Waals surface area (Å²) in [6, 6.07) is 3.22. The number of aromatic amines is 1. The second-order valence-electron chi connectivity index (χ2n) is 4.66. The van der Waals surface area contributed by atoms with Crippen LogP contribution in [0.3, 0.4) is 0 Å². The van der Waals surface area contributed by atoms with Crippen molar-refractivity contribution in [2.75, 3.05) is 6.61 Å². The van der Waals surface area contributed by atoms with Crippen LogP contribution < -0.4 is 0 Å². The van der Waals surface area contributed by atoms with Gasteiger partial charge in [0.05, 0.1) is 27.7 Å². The number of halogens is 2. The number of imidazole rings is 1. The van der Waals surface area contributed by atoms with Gasteiger partial charge in [-0.2, -0.15) is 0 Å². The number of H-pyrrole nitrogens is 1. The molecule has 108 valence electrons. The van der Waals surface area contributed by atoms with Gasteiger partial charge in [0.25, 0.3) is 0 Å². The molecule has 1 aromatic heterocycles. The van der Waals surface area contributed by atoms with Crippen LogP contribution in [-0.2, 0) is 4.74 Å². The van der Waals surface area contributed by atoms with Crippen LogP contribution in [0.1, 0.15) is 11.9 Å². The molecule has 2 heterocycles. The second kappa shape index (κ2) is 5.14. The van der Waals surface area contributed by atoms with Crippen molar-refractivity contribution in [3.05, 3.63) is 28.0 Å². The second-order valence-corrected chi connectivity index (χ2v) is 5.48. The van der Waals surface area contributed by atoms with Crippen LogP contribution in [0.25, 0.3) is 11.0 Å². The van der Waals surface area contributed by atoms with Crippen LogP contribution in [0, 0.1) is 0 Å². The number of nitrogens with zero attached hydrogens (tertiary/aromatic N) is 1. The van der Waals surface area contributed by atoms with E-state index in [9.17, 15) is 10.2 Å². The van der Waals surface area contributed by atoms with E-state index in [0.717, 1.165) is 0 Å². The van der Waals surface area contributed by atoms with Crippen LogP contribution >= 0.6 is 23.2 Å². The highest BCUT2D eigenvalue weighted by Gasteiger charge is 2.44. The number of benzene rings is 1. The summed E-state index contributed by atoms with van der Waals surface area (Å²) in [6.07, 6.45) is -4.01. The van der Waals surface area contributed by atoms with Gasteiger partial charge in [-0.15, -0.1) is 0 Å². The van der Waals surface area contributed by atoms with Gasteiger partial charge in [0.15, 0.2) is 0 Å². The van der Waals surface area contributed by atoms with E-state index in [-0.39, 0.29) is 6.61 Å². The lowest BCUT2D eigenvalue weighted by molar-refractivity contribution is -0.0249. The fraction of sp³-hybridized carbons (Fsp3) is 0.417. The van der Waals surface area contributed by atoms with Gasteiger partial charge in [-0.05, 0) is 12.1 Å².